The molecule has 0 unspecified atom stereocenters. The molecule has 1 heterocycles. The molecule has 70 valence electrons. The van der Waals surface area contributed by atoms with Crippen molar-refractivity contribution in [2.24, 2.45) is 0 Å². The number of nitrogens with two attached hydrogens (primary N) is 1. The molecule has 2 rings (SSSR count). The summed E-state index contributed by atoms with van der Waals surface area (Å²) in [5, 5.41) is 0. The summed E-state index contributed by atoms with van der Waals surface area (Å²) < 4.78 is 5.46. The first-order valence-corrected chi connectivity index (χ1v) is 4.14. The predicted molar refractivity (Wildman–Crippen MR) is 53.0 cm³/mol. The van der Waals surface area contributed by atoms with E-state index in [4.69, 9.17) is 10.5 Å². The number of ether oxygens (including phenoxy) is 1. The van der Waals surface area contributed by atoms with E-state index in [0.717, 1.165) is 0 Å². The molecule has 0 aliphatic heterocycles. The minimum Gasteiger partial charge on any atom is -0.452 e. The Labute approximate surface area is 81.4 Å². The van der Waals surface area contributed by atoms with E-state index < -0.39 is 0 Å². The Morgan fingerprint density at radius 2 is 1.93 bits per heavy atom. The molecule has 2 aromatic rings. The molecule has 0 bridgehead atoms. The molecule has 0 fully saturated rings. The summed E-state index contributed by atoms with van der Waals surface area (Å²) in [4.78, 5) is 7.64. The lowest BCUT2D eigenvalue weighted by Crippen LogP contribution is -1.95. The lowest BCUT2D eigenvalue weighted by molar-refractivity contribution is 0.480. The molecule has 0 radical (unpaired) electrons. The van der Waals surface area contributed by atoms with Crippen molar-refractivity contribution < 1.29 is 4.74 Å². The van der Waals surface area contributed by atoms with Crippen molar-refractivity contribution in [2.45, 2.75) is 0 Å². The van der Waals surface area contributed by atoms with Crippen LogP contribution in [0.15, 0.2) is 42.9 Å². The monoisotopic (exact) mass is 187 g/mol. The first-order chi connectivity index (χ1) is 6.86. The maximum atomic E-state index is 5.59. The van der Waals surface area contributed by atoms with Crippen LogP contribution in [0.3, 0.4) is 0 Å². The van der Waals surface area contributed by atoms with E-state index in [-0.39, 0.29) is 0 Å². The van der Waals surface area contributed by atoms with Crippen LogP contribution in [-0.2, 0) is 0 Å². The smallest absolute Gasteiger partial charge is 0.187 e. The number of nitrogen functional groups attached to an aromatic ring is 1. The van der Waals surface area contributed by atoms with E-state index in [2.05, 4.69) is 9.97 Å². The van der Waals surface area contributed by atoms with E-state index in [1.807, 2.05) is 30.3 Å². The average Bonchev–Trinajstić information content (AvgIpc) is 2.23. The zero-order chi connectivity index (χ0) is 9.80. The zero-order valence-corrected chi connectivity index (χ0v) is 7.42. The molecule has 0 saturated carbocycles. The number of hydrogen-bond acceptors (Lipinski definition) is 4. The van der Waals surface area contributed by atoms with Crippen molar-refractivity contribution in [2.75, 3.05) is 5.73 Å². The Hall–Kier alpha value is -2.10. The first kappa shape index (κ1) is 8.50. The van der Waals surface area contributed by atoms with E-state index in [9.17, 15) is 0 Å². The maximum Gasteiger partial charge on any atom is 0.187 e. The second-order valence-corrected chi connectivity index (χ2v) is 2.69. The van der Waals surface area contributed by atoms with E-state index in [0.29, 0.717) is 17.3 Å². The molecule has 0 aliphatic rings. The largest absolute Gasteiger partial charge is 0.452 e. The highest BCUT2D eigenvalue weighted by Gasteiger charge is 2.01. The molecule has 0 aliphatic carbocycles. The highest BCUT2D eigenvalue weighted by Crippen LogP contribution is 2.23. The van der Waals surface area contributed by atoms with Gasteiger partial charge in [0.05, 0.1) is 6.20 Å². The van der Waals surface area contributed by atoms with Crippen LogP contribution in [0.4, 0.5) is 5.82 Å². The third kappa shape index (κ3) is 1.80. The Kier molecular flexibility index (Phi) is 2.27. The Bertz CT molecular complexity index is 417. The Morgan fingerprint density at radius 3 is 2.64 bits per heavy atom. The van der Waals surface area contributed by atoms with Crippen LogP contribution in [0.1, 0.15) is 0 Å². The number of para-hydroxylation sites is 1. The molecule has 0 amide bonds. The van der Waals surface area contributed by atoms with Gasteiger partial charge in [-0.3, -0.25) is 0 Å². The third-order valence-electron chi connectivity index (χ3n) is 1.68. The molecule has 4 heteroatoms. The van der Waals surface area contributed by atoms with Gasteiger partial charge in [-0.15, -0.1) is 0 Å². The maximum absolute atomic E-state index is 5.59. The van der Waals surface area contributed by atoms with Crippen LogP contribution in [0.25, 0.3) is 0 Å². The first-order valence-electron chi connectivity index (χ1n) is 4.14. The molecule has 0 saturated heterocycles. The summed E-state index contributed by atoms with van der Waals surface area (Å²) in [7, 11) is 0. The molecular formula is C10H9N3O. The highest BCUT2D eigenvalue weighted by molar-refractivity contribution is 5.45. The van der Waals surface area contributed by atoms with Gasteiger partial charge in [-0.05, 0) is 12.1 Å². The lowest BCUT2D eigenvalue weighted by atomic mass is 10.3. The van der Waals surface area contributed by atoms with Gasteiger partial charge in [-0.25, -0.2) is 9.97 Å². The molecule has 0 spiro atoms. The normalized spacial score (nSPS) is 9.71. The van der Waals surface area contributed by atoms with Crippen LogP contribution >= 0.6 is 0 Å². The van der Waals surface area contributed by atoms with E-state index in [1.54, 1.807) is 0 Å². The second kappa shape index (κ2) is 3.74. The Morgan fingerprint density at radius 1 is 1.14 bits per heavy atom. The van der Waals surface area contributed by atoms with Gasteiger partial charge in [0.15, 0.2) is 11.6 Å². The number of anilines is 1. The summed E-state index contributed by atoms with van der Waals surface area (Å²) in [6, 6.07) is 9.36. The average molecular weight is 187 g/mol. The fourth-order valence-electron chi connectivity index (χ4n) is 1.02. The summed E-state index contributed by atoms with van der Waals surface area (Å²) in [5.74, 6) is 1.52. The SMILES string of the molecule is Nc1ncncc1Oc1ccccc1. The second-order valence-electron chi connectivity index (χ2n) is 2.69. The quantitative estimate of drug-likeness (QED) is 0.779. The van der Waals surface area contributed by atoms with Crippen molar-refractivity contribution in [3.63, 3.8) is 0 Å². The van der Waals surface area contributed by atoms with Crippen LogP contribution in [0.2, 0.25) is 0 Å². The highest BCUT2D eigenvalue weighted by atomic mass is 16.5. The molecular weight excluding hydrogens is 178 g/mol. The summed E-state index contributed by atoms with van der Waals surface area (Å²) in [5.41, 5.74) is 5.59. The number of nitrogens with zero attached hydrogens (tertiary/aromatic N) is 2. The van der Waals surface area contributed by atoms with Crippen LogP contribution in [0, 0.1) is 0 Å². The molecule has 0 atom stereocenters. The predicted octanol–water partition coefficient (Wildman–Crippen LogP) is 1.85. The number of hydrogen-bond donors (Lipinski definition) is 1. The van der Waals surface area contributed by atoms with Crippen LogP contribution in [0.5, 0.6) is 11.5 Å². The molecule has 1 aromatic heterocycles. The van der Waals surface area contributed by atoms with Crippen molar-refractivity contribution in [3.05, 3.63) is 42.9 Å². The van der Waals surface area contributed by atoms with Crippen LogP contribution < -0.4 is 10.5 Å². The minimum absolute atomic E-state index is 0.337. The van der Waals surface area contributed by atoms with E-state index >= 15 is 0 Å². The van der Waals surface area contributed by atoms with Gasteiger partial charge < -0.3 is 10.5 Å². The topological polar surface area (TPSA) is 61.0 Å². The van der Waals surface area contributed by atoms with Gasteiger partial charge in [0, 0.05) is 0 Å². The number of rotatable bonds is 2. The number of aromatic nitrogens is 2. The van der Waals surface area contributed by atoms with E-state index in [1.165, 1.54) is 12.5 Å². The Balaban J connectivity index is 2.24. The fraction of sp³-hybridized carbons (Fsp3) is 0. The summed E-state index contributed by atoms with van der Waals surface area (Å²) >= 11 is 0. The van der Waals surface area contributed by atoms with Crippen molar-refractivity contribution >= 4 is 5.82 Å². The van der Waals surface area contributed by atoms with Gasteiger partial charge in [0.25, 0.3) is 0 Å². The molecule has 4 nitrogen and oxygen atoms in total. The standard InChI is InChI=1S/C10H9N3O/c11-10-9(6-12-7-13-10)14-8-4-2-1-3-5-8/h1-7H,(H2,11,12,13). The molecule has 1 aromatic carbocycles. The van der Waals surface area contributed by atoms with Gasteiger partial charge in [0.1, 0.15) is 12.1 Å². The van der Waals surface area contributed by atoms with Gasteiger partial charge in [0.2, 0.25) is 0 Å². The summed E-state index contributed by atoms with van der Waals surface area (Å²) in [6.45, 7) is 0. The van der Waals surface area contributed by atoms with Crippen molar-refractivity contribution in [1.82, 2.24) is 9.97 Å². The van der Waals surface area contributed by atoms with Crippen molar-refractivity contribution in [1.29, 1.82) is 0 Å². The van der Waals surface area contributed by atoms with Gasteiger partial charge in [-0.2, -0.15) is 0 Å². The third-order valence-corrected chi connectivity index (χ3v) is 1.68. The zero-order valence-electron chi connectivity index (χ0n) is 7.42. The summed E-state index contributed by atoms with van der Waals surface area (Å²) in [6.07, 6.45) is 2.92. The van der Waals surface area contributed by atoms with Gasteiger partial charge >= 0.3 is 0 Å². The lowest BCUT2D eigenvalue weighted by Gasteiger charge is -2.05. The minimum atomic E-state index is 0.337. The fourth-order valence-corrected chi connectivity index (χ4v) is 1.02. The van der Waals surface area contributed by atoms with Crippen molar-refractivity contribution in [3.8, 4) is 11.5 Å². The van der Waals surface area contributed by atoms with Crippen LogP contribution in [-0.4, -0.2) is 9.97 Å². The number of benzene rings is 1. The van der Waals surface area contributed by atoms with Gasteiger partial charge in [-0.1, -0.05) is 18.2 Å². The molecule has 14 heavy (non-hydrogen) atoms. The molecule has 2 N–H and O–H groups in total.